The first-order valence-electron chi connectivity index (χ1n) is 7.36. The summed E-state index contributed by atoms with van der Waals surface area (Å²) in [7, 11) is 0. The van der Waals surface area contributed by atoms with E-state index in [-0.39, 0.29) is 16.9 Å². The quantitative estimate of drug-likeness (QED) is 0.712. The molecule has 0 bridgehead atoms. The number of nitrogens with zero attached hydrogens (tertiary/aromatic N) is 1. The fourth-order valence-corrected chi connectivity index (χ4v) is 3.42. The van der Waals surface area contributed by atoms with Gasteiger partial charge in [-0.05, 0) is 44.5 Å². The van der Waals surface area contributed by atoms with Crippen LogP contribution < -0.4 is 5.56 Å². The van der Waals surface area contributed by atoms with Gasteiger partial charge in [-0.1, -0.05) is 6.07 Å². The van der Waals surface area contributed by atoms with Crippen LogP contribution in [0.4, 0.5) is 0 Å². The number of esters is 1. The van der Waals surface area contributed by atoms with Crippen LogP contribution in [0.5, 0.6) is 5.75 Å². The lowest BCUT2D eigenvalue weighted by Crippen LogP contribution is -2.17. The molecular formula is C17H16N2O4S. The topological polar surface area (TPSA) is 92.3 Å². The molecule has 0 spiro atoms. The first kappa shape index (κ1) is 16.2. The van der Waals surface area contributed by atoms with E-state index in [0.717, 1.165) is 10.4 Å². The number of aryl methyl sites for hydroxylation is 2. The van der Waals surface area contributed by atoms with Gasteiger partial charge in [0, 0.05) is 4.88 Å². The Labute approximate surface area is 141 Å². The normalized spacial score (nSPS) is 12.3. The van der Waals surface area contributed by atoms with Crippen molar-refractivity contribution in [2.24, 2.45) is 0 Å². The molecule has 1 aromatic carbocycles. The summed E-state index contributed by atoms with van der Waals surface area (Å²) in [6.07, 6.45) is -0.723. The second-order valence-electron chi connectivity index (χ2n) is 5.51. The Morgan fingerprint density at radius 1 is 1.38 bits per heavy atom. The number of aromatic nitrogens is 2. The van der Waals surface area contributed by atoms with Crippen LogP contribution in [0.1, 0.15) is 39.7 Å². The third kappa shape index (κ3) is 2.90. The number of aromatic amines is 1. The average Bonchev–Trinajstić information content (AvgIpc) is 2.82. The Morgan fingerprint density at radius 2 is 2.12 bits per heavy atom. The van der Waals surface area contributed by atoms with Gasteiger partial charge in [0.05, 0.1) is 10.9 Å². The van der Waals surface area contributed by atoms with Crippen molar-refractivity contribution >= 4 is 27.5 Å². The van der Waals surface area contributed by atoms with Crippen molar-refractivity contribution in [2.75, 3.05) is 0 Å². The highest BCUT2D eigenvalue weighted by molar-refractivity contribution is 7.18. The third-order valence-electron chi connectivity index (χ3n) is 3.81. The van der Waals surface area contributed by atoms with Gasteiger partial charge in [-0.25, -0.2) is 9.78 Å². The van der Waals surface area contributed by atoms with Gasteiger partial charge in [0.25, 0.3) is 5.56 Å². The zero-order valence-corrected chi connectivity index (χ0v) is 14.2. The van der Waals surface area contributed by atoms with E-state index < -0.39 is 12.1 Å². The van der Waals surface area contributed by atoms with Crippen LogP contribution >= 0.6 is 11.3 Å². The smallest absolute Gasteiger partial charge is 0.338 e. The summed E-state index contributed by atoms with van der Waals surface area (Å²) in [4.78, 5) is 33.2. The van der Waals surface area contributed by atoms with Gasteiger partial charge in [-0.2, -0.15) is 0 Å². The number of thiophene rings is 1. The second-order valence-corrected chi connectivity index (χ2v) is 6.72. The van der Waals surface area contributed by atoms with Gasteiger partial charge in [0.1, 0.15) is 10.6 Å². The van der Waals surface area contributed by atoms with Crippen LogP contribution in [0.3, 0.4) is 0 Å². The van der Waals surface area contributed by atoms with Gasteiger partial charge in [0.2, 0.25) is 0 Å². The molecule has 124 valence electrons. The highest BCUT2D eigenvalue weighted by atomic mass is 32.1. The summed E-state index contributed by atoms with van der Waals surface area (Å²) >= 11 is 1.44. The summed E-state index contributed by atoms with van der Waals surface area (Å²) in [5, 5.41) is 10.0. The van der Waals surface area contributed by atoms with Crippen molar-refractivity contribution in [1.29, 1.82) is 0 Å². The standard InChI is InChI=1S/C17H16N2O4S/c1-8-10(3)24-16-13(8)15(21)18-14(19-16)9(2)23-17(22)11-5-4-6-12(20)7-11/h4-7,9,20H,1-3H3,(H,18,19,21)/t9-/m1/s1. The number of hydrogen-bond acceptors (Lipinski definition) is 6. The summed E-state index contributed by atoms with van der Waals surface area (Å²) in [6, 6.07) is 5.88. The largest absolute Gasteiger partial charge is 0.508 e. The molecule has 0 fully saturated rings. The number of benzene rings is 1. The van der Waals surface area contributed by atoms with E-state index >= 15 is 0 Å². The number of carbonyl (C=O) groups excluding carboxylic acids is 1. The van der Waals surface area contributed by atoms with E-state index in [2.05, 4.69) is 9.97 Å². The molecule has 7 heteroatoms. The van der Waals surface area contributed by atoms with Crippen LogP contribution in [-0.4, -0.2) is 21.0 Å². The van der Waals surface area contributed by atoms with Crippen molar-refractivity contribution in [3.8, 4) is 5.75 Å². The molecule has 0 saturated carbocycles. The van der Waals surface area contributed by atoms with Crippen LogP contribution in [0, 0.1) is 13.8 Å². The number of aromatic hydroxyl groups is 1. The Bertz CT molecular complexity index is 990. The van der Waals surface area contributed by atoms with Gasteiger partial charge in [-0.3, -0.25) is 4.79 Å². The molecule has 3 aromatic rings. The number of ether oxygens (including phenoxy) is 1. The Kier molecular flexibility index (Phi) is 4.11. The zero-order chi connectivity index (χ0) is 17.4. The molecule has 0 unspecified atom stereocenters. The monoisotopic (exact) mass is 344 g/mol. The minimum absolute atomic E-state index is 0.0189. The van der Waals surface area contributed by atoms with E-state index in [4.69, 9.17) is 4.74 Å². The molecule has 24 heavy (non-hydrogen) atoms. The number of rotatable bonds is 3. The number of hydrogen-bond donors (Lipinski definition) is 2. The lowest BCUT2D eigenvalue weighted by Gasteiger charge is -2.12. The van der Waals surface area contributed by atoms with E-state index in [9.17, 15) is 14.7 Å². The van der Waals surface area contributed by atoms with Gasteiger partial charge in [0.15, 0.2) is 11.9 Å². The molecule has 2 heterocycles. The van der Waals surface area contributed by atoms with E-state index in [1.54, 1.807) is 19.1 Å². The lowest BCUT2D eigenvalue weighted by molar-refractivity contribution is 0.0319. The summed E-state index contributed by atoms with van der Waals surface area (Å²) in [5.41, 5.74) is 0.907. The molecular weight excluding hydrogens is 328 g/mol. The minimum Gasteiger partial charge on any atom is -0.508 e. The molecule has 0 aliphatic heterocycles. The number of fused-ring (bicyclic) bond motifs is 1. The Morgan fingerprint density at radius 3 is 2.83 bits per heavy atom. The summed E-state index contributed by atoms with van der Waals surface area (Å²) in [5.74, 6) is -0.323. The number of phenolic OH excluding ortho intramolecular Hbond substituents is 1. The van der Waals surface area contributed by atoms with Crippen LogP contribution in [0.15, 0.2) is 29.1 Å². The zero-order valence-electron chi connectivity index (χ0n) is 13.4. The SMILES string of the molecule is Cc1sc2nc([C@@H](C)OC(=O)c3cccc(O)c3)[nH]c(=O)c2c1C. The van der Waals surface area contributed by atoms with Crippen molar-refractivity contribution in [2.45, 2.75) is 26.9 Å². The molecule has 0 aliphatic rings. The Hall–Kier alpha value is -2.67. The van der Waals surface area contributed by atoms with Crippen molar-refractivity contribution in [1.82, 2.24) is 9.97 Å². The maximum atomic E-state index is 12.3. The highest BCUT2D eigenvalue weighted by Crippen LogP contribution is 2.27. The third-order valence-corrected chi connectivity index (χ3v) is 4.91. The van der Waals surface area contributed by atoms with E-state index in [0.29, 0.717) is 16.0 Å². The maximum Gasteiger partial charge on any atom is 0.338 e. The molecule has 2 aromatic heterocycles. The highest BCUT2D eigenvalue weighted by Gasteiger charge is 2.19. The van der Waals surface area contributed by atoms with E-state index in [1.807, 2.05) is 13.8 Å². The molecule has 0 aliphatic carbocycles. The summed E-state index contributed by atoms with van der Waals surface area (Å²) in [6.45, 7) is 5.46. The molecule has 6 nitrogen and oxygen atoms in total. The predicted molar refractivity (Wildman–Crippen MR) is 91.7 cm³/mol. The lowest BCUT2D eigenvalue weighted by atomic mass is 10.2. The van der Waals surface area contributed by atoms with Gasteiger partial charge in [-0.15, -0.1) is 11.3 Å². The molecule has 0 saturated heterocycles. The van der Waals surface area contributed by atoms with Gasteiger partial charge < -0.3 is 14.8 Å². The number of phenols is 1. The Balaban J connectivity index is 1.90. The average molecular weight is 344 g/mol. The van der Waals surface area contributed by atoms with E-state index in [1.165, 1.54) is 23.5 Å². The number of nitrogens with one attached hydrogen (secondary N) is 1. The van der Waals surface area contributed by atoms with Crippen molar-refractivity contribution in [3.05, 3.63) is 56.4 Å². The van der Waals surface area contributed by atoms with Crippen LogP contribution in [0.25, 0.3) is 10.2 Å². The molecule has 2 N–H and O–H groups in total. The fourth-order valence-electron chi connectivity index (χ4n) is 2.38. The molecule has 1 atom stereocenters. The van der Waals surface area contributed by atoms with Crippen molar-refractivity contribution in [3.63, 3.8) is 0 Å². The van der Waals surface area contributed by atoms with Crippen molar-refractivity contribution < 1.29 is 14.6 Å². The summed E-state index contributed by atoms with van der Waals surface area (Å²) < 4.78 is 5.34. The molecule has 0 amide bonds. The second kappa shape index (κ2) is 6.09. The predicted octanol–water partition coefficient (Wildman–Crippen LogP) is 3.23. The van der Waals surface area contributed by atoms with Crippen LogP contribution in [0.2, 0.25) is 0 Å². The maximum absolute atomic E-state index is 12.3. The van der Waals surface area contributed by atoms with Gasteiger partial charge >= 0.3 is 5.97 Å². The number of H-pyrrole nitrogens is 1. The molecule has 3 rings (SSSR count). The van der Waals surface area contributed by atoms with Crippen LogP contribution in [-0.2, 0) is 4.74 Å². The minimum atomic E-state index is -0.723. The first-order valence-corrected chi connectivity index (χ1v) is 8.18. The first-order chi connectivity index (χ1) is 11.4. The number of carbonyl (C=O) groups is 1. The fraction of sp³-hybridized carbons (Fsp3) is 0.235. The molecule has 0 radical (unpaired) electrons.